The Balaban J connectivity index is 3.01. The van der Waals surface area contributed by atoms with Gasteiger partial charge < -0.3 is 4.90 Å². The lowest BCUT2D eigenvalue weighted by Gasteiger charge is -2.33. The molecule has 0 aromatic heterocycles. The maximum absolute atomic E-state index is 10.8. The third-order valence-corrected chi connectivity index (χ3v) is 3.04. The lowest BCUT2D eigenvalue weighted by Crippen LogP contribution is -2.42. The van der Waals surface area contributed by atoms with Crippen molar-refractivity contribution < 1.29 is 4.92 Å². The molecule has 0 aromatic carbocycles. The van der Waals surface area contributed by atoms with E-state index in [9.17, 15) is 10.1 Å². The highest BCUT2D eigenvalue weighted by atomic mass is 32.2. The maximum Gasteiger partial charge on any atom is 0.289 e. The first kappa shape index (κ1) is 11.3. The molecule has 0 spiro atoms. The highest BCUT2D eigenvalue weighted by molar-refractivity contribution is 8.02. The summed E-state index contributed by atoms with van der Waals surface area (Å²) in [4.78, 5) is 14.5. The lowest BCUT2D eigenvalue weighted by molar-refractivity contribution is -0.431. The molecule has 0 aliphatic carbocycles. The Labute approximate surface area is 87.9 Å². The van der Waals surface area contributed by atoms with Gasteiger partial charge in [-0.3, -0.25) is 15.0 Å². The fourth-order valence-electron chi connectivity index (χ4n) is 1.54. The molecule has 0 bridgehead atoms. The molecule has 0 fully saturated rings. The summed E-state index contributed by atoms with van der Waals surface area (Å²) >= 11 is 1.45. The number of nitrogens with zero attached hydrogens (tertiary/aromatic N) is 3. The molecule has 1 rings (SSSR count). The molecule has 80 valence electrons. The zero-order valence-corrected chi connectivity index (χ0v) is 9.50. The summed E-state index contributed by atoms with van der Waals surface area (Å²) in [6.45, 7) is 4.01. The van der Waals surface area contributed by atoms with Crippen molar-refractivity contribution in [3.8, 4) is 0 Å². The van der Waals surface area contributed by atoms with Gasteiger partial charge in [-0.25, -0.2) is 0 Å². The minimum atomic E-state index is -0.274. The maximum atomic E-state index is 10.8. The van der Waals surface area contributed by atoms with E-state index in [4.69, 9.17) is 0 Å². The van der Waals surface area contributed by atoms with Crippen molar-refractivity contribution in [2.45, 2.75) is 6.92 Å². The van der Waals surface area contributed by atoms with Crippen LogP contribution >= 0.6 is 11.8 Å². The SMILES string of the molecule is CCN1CN(C)CC([N+](=O)[O-])=C1SC. The van der Waals surface area contributed by atoms with Crippen LogP contribution in [0.3, 0.4) is 0 Å². The Hall–Kier alpha value is -0.750. The van der Waals surface area contributed by atoms with E-state index in [1.807, 2.05) is 30.0 Å². The van der Waals surface area contributed by atoms with Crippen molar-refractivity contribution in [3.63, 3.8) is 0 Å². The highest BCUT2D eigenvalue weighted by Crippen LogP contribution is 2.26. The van der Waals surface area contributed by atoms with Gasteiger partial charge in [0.1, 0.15) is 5.03 Å². The number of nitro groups is 1. The van der Waals surface area contributed by atoms with Crippen LogP contribution < -0.4 is 0 Å². The van der Waals surface area contributed by atoms with Crippen LogP contribution in [0.2, 0.25) is 0 Å². The van der Waals surface area contributed by atoms with Crippen molar-refractivity contribution in [2.24, 2.45) is 0 Å². The van der Waals surface area contributed by atoms with Crippen molar-refractivity contribution >= 4 is 11.8 Å². The van der Waals surface area contributed by atoms with E-state index in [0.29, 0.717) is 12.2 Å². The quantitative estimate of drug-likeness (QED) is 0.522. The highest BCUT2D eigenvalue weighted by Gasteiger charge is 2.29. The second-order valence-electron chi connectivity index (χ2n) is 3.22. The van der Waals surface area contributed by atoms with E-state index in [0.717, 1.165) is 18.2 Å². The van der Waals surface area contributed by atoms with Crippen LogP contribution in [0.4, 0.5) is 0 Å². The van der Waals surface area contributed by atoms with Crippen LogP contribution in [0.1, 0.15) is 6.92 Å². The Bertz CT molecular complexity index is 267. The molecule has 0 atom stereocenters. The van der Waals surface area contributed by atoms with Crippen molar-refractivity contribution in [2.75, 3.05) is 33.1 Å². The summed E-state index contributed by atoms with van der Waals surface area (Å²) in [5.41, 5.74) is 0.313. The molecule has 1 aliphatic rings. The molecule has 6 heteroatoms. The largest absolute Gasteiger partial charge is 0.348 e. The van der Waals surface area contributed by atoms with Crippen LogP contribution in [-0.4, -0.2) is 47.8 Å². The minimum Gasteiger partial charge on any atom is -0.348 e. The number of hydrogen-bond acceptors (Lipinski definition) is 5. The normalized spacial score (nSPS) is 18.9. The van der Waals surface area contributed by atoms with Crippen LogP contribution in [0.5, 0.6) is 0 Å². The fourth-order valence-corrected chi connectivity index (χ4v) is 2.36. The van der Waals surface area contributed by atoms with Gasteiger partial charge in [-0.1, -0.05) is 0 Å². The zero-order valence-electron chi connectivity index (χ0n) is 8.69. The van der Waals surface area contributed by atoms with E-state index in [2.05, 4.69) is 0 Å². The fraction of sp³-hybridized carbons (Fsp3) is 0.750. The standard InChI is InChI=1S/C8H15N3O2S/c1-4-10-6-9(2)5-7(11(12)13)8(10)14-3/h4-6H2,1-3H3. The first-order valence-corrected chi connectivity index (χ1v) is 5.67. The summed E-state index contributed by atoms with van der Waals surface area (Å²) < 4.78 is 0. The summed E-state index contributed by atoms with van der Waals surface area (Å²) in [6.07, 6.45) is 1.88. The van der Waals surface area contributed by atoms with Gasteiger partial charge in [0.15, 0.2) is 0 Å². The molecule has 0 unspecified atom stereocenters. The van der Waals surface area contributed by atoms with Gasteiger partial charge in [-0.2, -0.15) is 0 Å². The molecule has 0 radical (unpaired) electrons. The minimum absolute atomic E-state index is 0.274. The smallest absolute Gasteiger partial charge is 0.289 e. The molecule has 1 heterocycles. The Morgan fingerprint density at radius 2 is 2.29 bits per heavy atom. The van der Waals surface area contributed by atoms with Gasteiger partial charge in [-0.05, 0) is 20.2 Å². The van der Waals surface area contributed by atoms with Gasteiger partial charge >= 0.3 is 0 Å². The zero-order chi connectivity index (χ0) is 10.7. The summed E-state index contributed by atoms with van der Waals surface area (Å²) in [7, 11) is 1.89. The number of likely N-dealkylation sites (N-methyl/N-ethyl adjacent to an activating group) is 1. The summed E-state index contributed by atoms with van der Waals surface area (Å²) in [5.74, 6) is 0. The second kappa shape index (κ2) is 4.65. The third kappa shape index (κ3) is 2.19. The molecule has 0 N–H and O–H groups in total. The monoisotopic (exact) mass is 217 g/mol. The number of hydrogen-bond donors (Lipinski definition) is 0. The van der Waals surface area contributed by atoms with Crippen molar-refractivity contribution in [1.82, 2.24) is 9.80 Å². The van der Waals surface area contributed by atoms with Gasteiger partial charge in [0.25, 0.3) is 5.70 Å². The van der Waals surface area contributed by atoms with Gasteiger partial charge in [-0.15, -0.1) is 11.8 Å². The molecule has 5 nitrogen and oxygen atoms in total. The van der Waals surface area contributed by atoms with Crippen LogP contribution in [0, 0.1) is 10.1 Å². The van der Waals surface area contributed by atoms with E-state index in [-0.39, 0.29) is 4.92 Å². The molecule has 0 amide bonds. The van der Waals surface area contributed by atoms with E-state index in [1.54, 1.807) is 0 Å². The third-order valence-electron chi connectivity index (χ3n) is 2.16. The summed E-state index contributed by atoms with van der Waals surface area (Å²) in [5, 5.41) is 11.6. The van der Waals surface area contributed by atoms with E-state index >= 15 is 0 Å². The van der Waals surface area contributed by atoms with Crippen LogP contribution in [-0.2, 0) is 0 Å². The van der Waals surface area contributed by atoms with Crippen molar-refractivity contribution in [1.29, 1.82) is 0 Å². The molecule has 0 saturated carbocycles. The van der Waals surface area contributed by atoms with Crippen molar-refractivity contribution in [3.05, 3.63) is 20.8 Å². The molecule has 0 saturated heterocycles. The molecule has 0 aromatic rings. The molecular weight excluding hydrogens is 202 g/mol. The number of thioether (sulfide) groups is 1. The molecular formula is C8H15N3O2S. The van der Waals surface area contributed by atoms with Gasteiger partial charge in [0.2, 0.25) is 0 Å². The average molecular weight is 217 g/mol. The predicted molar refractivity (Wildman–Crippen MR) is 57.4 cm³/mol. The topological polar surface area (TPSA) is 49.6 Å². The van der Waals surface area contributed by atoms with E-state index < -0.39 is 0 Å². The first-order valence-electron chi connectivity index (χ1n) is 4.45. The Morgan fingerprint density at radius 1 is 1.64 bits per heavy atom. The second-order valence-corrected chi connectivity index (χ2v) is 4.02. The molecule has 14 heavy (non-hydrogen) atoms. The first-order chi connectivity index (χ1) is 6.60. The van der Waals surface area contributed by atoms with Crippen LogP contribution in [0.15, 0.2) is 10.7 Å². The van der Waals surface area contributed by atoms with Gasteiger partial charge in [0, 0.05) is 6.54 Å². The van der Waals surface area contributed by atoms with Crippen LogP contribution in [0.25, 0.3) is 0 Å². The Morgan fingerprint density at radius 3 is 2.71 bits per heavy atom. The van der Waals surface area contributed by atoms with E-state index in [1.165, 1.54) is 11.8 Å². The summed E-state index contributed by atoms with van der Waals surface area (Å²) in [6, 6.07) is 0. The molecule has 1 aliphatic heterocycles. The lowest BCUT2D eigenvalue weighted by atomic mass is 10.3. The number of rotatable bonds is 3. The predicted octanol–water partition coefficient (Wildman–Crippen LogP) is 1.02. The van der Waals surface area contributed by atoms with Gasteiger partial charge in [0.05, 0.1) is 18.1 Å². The average Bonchev–Trinajstić information content (AvgIpc) is 2.16. The Kier molecular flexibility index (Phi) is 3.77.